The Balaban J connectivity index is 1.62. The van der Waals surface area contributed by atoms with Crippen molar-refractivity contribution < 1.29 is 14.0 Å². The van der Waals surface area contributed by atoms with Crippen molar-refractivity contribution in [3.05, 3.63) is 60.1 Å². The van der Waals surface area contributed by atoms with E-state index in [0.717, 1.165) is 28.1 Å². The Morgan fingerprint density at radius 1 is 1.22 bits per heavy atom. The summed E-state index contributed by atoms with van der Waals surface area (Å²) in [5.41, 5.74) is 3.55. The second-order valence-corrected chi connectivity index (χ2v) is 8.70. The lowest BCUT2D eigenvalue weighted by atomic mass is 10.1. The molecule has 0 unspecified atom stereocenters. The third-order valence-electron chi connectivity index (χ3n) is 4.95. The van der Waals surface area contributed by atoms with Gasteiger partial charge in [0, 0.05) is 12.2 Å². The predicted octanol–water partition coefficient (Wildman–Crippen LogP) is 3.88. The van der Waals surface area contributed by atoms with E-state index in [1.165, 1.54) is 11.8 Å². The first-order chi connectivity index (χ1) is 15.3. The Labute approximate surface area is 191 Å². The van der Waals surface area contributed by atoms with Crippen LogP contribution >= 0.6 is 11.8 Å². The molecule has 3 rings (SSSR count). The van der Waals surface area contributed by atoms with Crippen LogP contribution in [-0.2, 0) is 16.1 Å². The Kier molecular flexibility index (Phi) is 7.53. The molecule has 3 aromatic rings. The molecule has 0 radical (unpaired) electrons. The summed E-state index contributed by atoms with van der Waals surface area (Å²) >= 11 is 1.27. The number of anilines is 1. The molecule has 0 aliphatic rings. The Hall–Kier alpha value is -3.33. The van der Waals surface area contributed by atoms with E-state index in [1.807, 2.05) is 49.6 Å². The van der Waals surface area contributed by atoms with Gasteiger partial charge in [0.25, 0.3) is 0 Å². The number of furan rings is 1. The number of para-hydroxylation sites is 1. The van der Waals surface area contributed by atoms with Gasteiger partial charge in [-0.25, -0.2) is 0 Å². The summed E-state index contributed by atoms with van der Waals surface area (Å²) in [7, 11) is 0. The number of rotatable bonds is 9. The lowest BCUT2D eigenvalue weighted by Crippen LogP contribution is -2.37. The summed E-state index contributed by atoms with van der Waals surface area (Å²) in [6, 6.07) is 7.63. The SMILES string of the molecule is C=CCn1c(S[C@H](C)C(=O)NCC(=O)Nc2c(C)cccc2C)nnc1-c1ccoc1C. The molecule has 0 saturated heterocycles. The van der Waals surface area contributed by atoms with Gasteiger partial charge in [-0.1, -0.05) is 36.0 Å². The van der Waals surface area contributed by atoms with Gasteiger partial charge in [-0.2, -0.15) is 0 Å². The molecule has 1 aromatic carbocycles. The first kappa shape index (κ1) is 23.3. The Morgan fingerprint density at radius 2 is 1.94 bits per heavy atom. The second kappa shape index (κ2) is 10.3. The van der Waals surface area contributed by atoms with Crippen LogP contribution in [0.4, 0.5) is 5.69 Å². The van der Waals surface area contributed by atoms with E-state index < -0.39 is 5.25 Å². The van der Waals surface area contributed by atoms with E-state index in [9.17, 15) is 9.59 Å². The van der Waals surface area contributed by atoms with Gasteiger partial charge in [-0.15, -0.1) is 16.8 Å². The highest BCUT2D eigenvalue weighted by atomic mass is 32.2. The molecule has 0 aliphatic heterocycles. The molecule has 2 N–H and O–H groups in total. The van der Waals surface area contributed by atoms with Gasteiger partial charge in [0.05, 0.1) is 23.6 Å². The first-order valence-electron chi connectivity index (χ1n) is 10.2. The molecule has 9 heteroatoms. The normalized spacial score (nSPS) is 11.8. The topological polar surface area (TPSA) is 102 Å². The number of carbonyl (C=O) groups is 2. The van der Waals surface area contributed by atoms with Crippen molar-refractivity contribution in [1.82, 2.24) is 20.1 Å². The number of nitrogens with zero attached hydrogens (tertiary/aromatic N) is 3. The summed E-state index contributed by atoms with van der Waals surface area (Å²) in [5.74, 6) is 0.848. The minimum Gasteiger partial charge on any atom is -0.469 e. The highest BCUT2D eigenvalue weighted by molar-refractivity contribution is 8.00. The van der Waals surface area contributed by atoms with Crippen LogP contribution in [-0.4, -0.2) is 38.4 Å². The highest BCUT2D eigenvalue weighted by Gasteiger charge is 2.22. The van der Waals surface area contributed by atoms with Crippen LogP contribution in [0, 0.1) is 20.8 Å². The quantitative estimate of drug-likeness (QED) is 0.377. The van der Waals surface area contributed by atoms with E-state index in [2.05, 4.69) is 27.4 Å². The van der Waals surface area contributed by atoms with Gasteiger partial charge in [0.1, 0.15) is 5.76 Å². The third kappa shape index (κ3) is 5.28. The van der Waals surface area contributed by atoms with Crippen molar-refractivity contribution in [1.29, 1.82) is 0 Å². The zero-order valence-electron chi connectivity index (χ0n) is 18.6. The lowest BCUT2D eigenvalue weighted by molar-refractivity contribution is -0.123. The maximum Gasteiger partial charge on any atom is 0.243 e. The van der Waals surface area contributed by atoms with Crippen molar-refractivity contribution in [2.45, 2.75) is 44.6 Å². The summed E-state index contributed by atoms with van der Waals surface area (Å²) in [5, 5.41) is 14.2. The minimum atomic E-state index is -0.478. The number of carbonyl (C=O) groups excluding carboxylic acids is 2. The molecule has 0 bridgehead atoms. The largest absolute Gasteiger partial charge is 0.469 e. The Bertz CT molecular complexity index is 1110. The molecule has 1 atom stereocenters. The van der Waals surface area contributed by atoms with E-state index in [1.54, 1.807) is 19.3 Å². The summed E-state index contributed by atoms with van der Waals surface area (Å²) < 4.78 is 7.26. The van der Waals surface area contributed by atoms with Crippen molar-refractivity contribution in [2.24, 2.45) is 0 Å². The monoisotopic (exact) mass is 453 g/mol. The van der Waals surface area contributed by atoms with Crippen LogP contribution in [0.1, 0.15) is 23.8 Å². The number of allylic oxidation sites excluding steroid dienone is 1. The minimum absolute atomic E-state index is 0.115. The summed E-state index contributed by atoms with van der Waals surface area (Å²) in [6.07, 6.45) is 3.35. The number of hydrogen-bond acceptors (Lipinski definition) is 6. The molecule has 32 heavy (non-hydrogen) atoms. The van der Waals surface area contributed by atoms with Crippen LogP contribution in [0.15, 0.2) is 52.8 Å². The van der Waals surface area contributed by atoms with Gasteiger partial charge in [-0.3, -0.25) is 14.2 Å². The molecule has 0 fully saturated rings. The molecule has 0 saturated carbocycles. The zero-order chi connectivity index (χ0) is 23.3. The van der Waals surface area contributed by atoms with Crippen LogP contribution in [0.2, 0.25) is 0 Å². The fraction of sp³-hybridized carbons (Fsp3) is 0.304. The van der Waals surface area contributed by atoms with Crippen LogP contribution in [0.25, 0.3) is 11.4 Å². The fourth-order valence-corrected chi connectivity index (χ4v) is 4.09. The van der Waals surface area contributed by atoms with E-state index in [4.69, 9.17) is 4.42 Å². The second-order valence-electron chi connectivity index (χ2n) is 7.39. The number of hydrogen-bond donors (Lipinski definition) is 2. The molecule has 168 valence electrons. The van der Waals surface area contributed by atoms with Gasteiger partial charge in [0.15, 0.2) is 11.0 Å². The molecule has 2 heterocycles. The number of aryl methyl sites for hydroxylation is 3. The molecule has 2 amide bonds. The maximum atomic E-state index is 12.6. The van der Waals surface area contributed by atoms with Gasteiger partial charge >= 0.3 is 0 Å². The Morgan fingerprint density at radius 3 is 2.56 bits per heavy atom. The number of benzene rings is 1. The molecular formula is C23H27N5O3S. The van der Waals surface area contributed by atoms with Crippen molar-refractivity contribution in [2.75, 3.05) is 11.9 Å². The van der Waals surface area contributed by atoms with Crippen LogP contribution < -0.4 is 10.6 Å². The van der Waals surface area contributed by atoms with Crippen LogP contribution in [0.3, 0.4) is 0 Å². The predicted molar refractivity (Wildman–Crippen MR) is 126 cm³/mol. The summed E-state index contributed by atoms with van der Waals surface area (Å²) in [4.78, 5) is 24.9. The number of amides is 2. The smallest absolute Gasteiger partial charge is 0.243 e. The van der Waals surface area contributed by atoms with E-state index in [-0.39, 0.29) is 18.4 Å². The number of aromatic nitrogens is 3. The van der Waals surface area contributed by atoms with Crippen molar-refractivity contribution in [3.8, 4) is 11.4 Å². The van der Waals surface area contributed by atoms with E-state index in [0.29, 0.717) is 17.5 Å². The zero-order valence-corrected chi connectivity index (χ0v) is 19.5. The molecular weight excluding hydrogens is 426 g/mol. The number of thioether (sulfide) groups is 1. The van der Waals surface area contributed by atoms with Crippen molar-refractivity contribution in [3.63, 3.8) is 0 Å². The van der Waals surface area contributed by atoms with E-state index >= 15 is 0 Å². The van der Waals surface area contributed by atoms with Gasteiger partial charge in [0.2, 0.25) is 11.8 Å². The fourth-order valence-electron chi connectivity index (χ4n) is 3.20. The number of nitrogens with one attached hydrogen (secondary N) is 2. The molecule has 0 spiro atoms. The summed E-state index contributed by atoms with van der Waals surface area (Å²) in [6.45, 7) is 11.6. The third-order valence-corrected chi connectivity index (χ3v) is 6.03. The highest BCUT2D eigenvalue weighted by Crippen LogP contribution is 2.29. The maximum absolute atomic E-state index is 12.6. The molecule has 8 nitrogen and oxygen atoms in total. The molecule has 2 aromatic heterocycles. The van der Waals surface area contributed by atoms with Crippen LogP contribution in [0.5, 0.6) is 0 Å². The lowest BCUT2D eigenvalue weighted by Gasteiger charge is -2.14. The first-order valence-corrected chi connectivity index (χ1v) is 11.1. The van der Waals surface area contributed by atoms with Gasteiger partial charge in [-0.05, 0) is 44.9 Å². The average Bonchev–Trinajstić information content (AvgIpc) is 3.35. The van der Waals surface area contributed by atoms with Gasteiger partial charge < -0.3 is 15.1 Å². The molecule has 0 aliphatic carbocycles. The standard InChI is InChI=1S/C23H27N5O3S/c1-6-11-28-21(18-10-12-31-16(18)4)26-27-23(28)32-17(5)22(30)24-13-19(29)25-20-14(2)8-7-9-15(20)3/h6-10,12,17H,1,11,13H2,2-5H3,(H,24,30)(H,25,29)/t17-/m1/s1. The van der Waals surface area contributed by atoms with Crippen molar-refractivity contribution >= 4 is 29.3 Å². The average molecular weight is 454 g/mol.